The number of hydrogen-bond donors (Lipinski definition) is 1. The van der Waals surface area contributed by atoms with Crippen molar-refractivity contribution in [3.63, 3.8) is 0 Å². The number of rotatable bonds is 6. The van der Waals surface area contributed by atoms with Gasteiger partial charge in [0.25, 0.3) is 5.91 Å². The van der Waals surface area contributed by atoms with Crippen LogP contribution in [0.5, 0.6) is 0 Å². The number of anilines is 1. The topological polar surface area (TPSA) is 68.3 Å². The predicted molar refractivity (Wildman–Crippen MR) is 95.6 cm³/mol. The lowest BCUT2D eigenvalue weighted by molar-refractivity contribution is -0.150. The van der Waals surface area contributed by atoms with E-state index in [0.717, 1.165) is 4.90 Å². The average molecular weight is 385 g/mol. The van der Waals surface area contributed by atoms with E-state index in [-0.39, 0.29) is 16.6 Å². The van der Waals surface area contributed by atoms with Crippen molar-refractivity contribution < 1.29 is 14.3 Å². The molecule has 0 fully saturated rings. The maximum absolute atomic E-state index is 12.0. The normalized spacial score (nSPS) is 11.6. The van der Waals surface area contributed by atoms with Gasteiger partial charge in [-0.1, -0.05) is 41.4 Å². The van der Waals surface area contributed by atoms with Crippen molar-refractivity contribution in [2.24, 2.45) is 0 Å². The highest BCUT2D eigenvalue weighted by atomic mass is 35.5. The van der Waals surface area contributed by atoms with Crippen LogP contribution in [0.1, 0.15) is 6.92 Å². The molecule has 0 radical (unpaired) electrons. The van der Waals surface area contributed by atoms with Crippen LogP contribution in [-0.2, 0) is 14.3 Å². The molecule has 1 heterocycles. The molecule has 24 heavy (non-hydrogen) atoms. The molecule has 126 valence electrons. The molecule has 1 N–H and O–H groups in total. The summed E-state index contributed by atoms with van der Waals surface area (Å²) in [7, 11) is 0. The van der Waals surface area contributed by atoms with Gasteiger partial charge >= 0.3 is 5.97 Å². The first-order chi connectivity index (χ1) is 11.5. The molecule has 1 amide bonds. The lowest BCUT2D eigenvalue weighted by Crippen LogP contribution is -2.30. The number of benzene rings is 1. The number of halogens is 2. The number of nitrogens with one attached hydrogen (secondary N) is 1. The van der Waals surface area contributed by atoms with E-state index in [0.29, 0.717) is 5.02 Å². The summed E-state index contributed by atoms with van der Waals surface area (Å²) in [5.41, 5.74) is 0. The van der Waals surface area contributed by atoms with Gasteiger partial charge in [-0.2, -0.15) is 0 Å². The molecule has 0 bridgehead atoms. The molecular weight excluding hydrogens is 371 g/mol. The van der Waals surface area contributed by atoms with Crippen LogP contribution in [0.15, 0.2) is 47.5 Å². The van der Waals surface area contributed by atoms with Crippen molar-refractivity contribution in [3.05, 3.63) is 52.6 Å². The molecular formula is C16H14Cl2N2O3S. The van der Waals surface area contributed by atoms with E-state index in [1.807, 2.05) is 30.3 Å². The van der Waals surface area contributed by atoms with E-state index in [2.05, 4.69) is 10.3 Å². The second-order valence-corrected chi connectivity index (χ2v) is 6.60. The average Bonchev–Trinajstić information content (AvgIpc) is 2.56. The first kappa shape index (κ1) is 18.6. The number of carbonyl (C=O) groups is 2. The first-order valence-corrected chi connectivity index (χ1v) is 8.69. The third-order valence-electron chi connectivity index (χ3n) is 2.83. The van der Waals surface area contributed by atoms with E-state index in [4.69, 9.17) is 27.9 Å². The fraction of sp³-hybridized carbons (Fsp3) is 0.188. The van der Waals surface area contributed by atoms with E-state index < -0.39 is 18.0 Å². The van der Waals surface area contributed by atoms with Gasteiger partial charge in [-0.05, 0) is 25.1 Å². The molecule has 5 nitrogen and oxygen atoms in total. The first-order valence-electron chi connectivity index (χ1n) is 6.95. The fourth-order valence-corrected chi connectivity index (χ4v) is 2.80. The minimum atomic E-state index is -0.970. The van der Waals surface area contributed by atoms with Crippen LogP contribution in [0.3, 0.4) is 0 Å². The Hall–Kier alpha value is -1.76. The quantitative estimate of drug-likeness (QED) is 0.600. The van der Waals surface area contributed by atoms with Crippen LogP contribution >= 0.6 is 35.0 Å². The third-order valence-corrected chi connectivity index (χ3v) is 4.31. The van der Waals surface area contributed by atoms with E-state index in [1.165, 1.54) is 30.9 Å². The summed E-state index contributed by atoms with van der Waals surface area (Å²) in [5, 5.41) is 3.05. The van der Waals surface area contributed by atoms with E-state index in [9.17, 15) is 9.59 Å². The molecule has 0 spiro atoms. The minimum absolute atomic E-state index is 0.113. The molecule has 1 atom stereocenters. The Labute approximate surface area is 153 Å². The number of thioether (sulfide) groups is 1. The molecule has 1 unspecified atom stereocenters. The smallest absolute Gasteiger partial charge is 0.317 e. The SMILES string of the molecule is CC(OC(=O)CSc1ccccc1)C(=O)Nc1ncc(Cl)cc1Cl. The Morgan fingerprint density at radius 3 is 2.67 bits per heavy atom. The number of nitrogens with zero attached hydrogens (tertiary/aromatic N) is 1. The standard InChI is InChI=1S/C16H14Cl2N2O3S/c1-10(16(22)20-15-13(18)7-11(17)8-19-15)23-14(21)9-24-12-5-3-2-4-6-12/h2-8,10H,9H2,1H3,(H,19,20,22). The van der Waals surface area contributed by atoms with Crippen molar-refractivity contribution in [3.8, 4) is 0 Å². The maximum Gasteiger partial charge on any atom is 0.317 e. The monoisotopic (exact) mass is 384 g/mol. The van der Waals surface area contributed by atoms with Crippen LogP contribution in [-0.4, -0.2) is 28.7 Å². The maximum atomic E-state index is 12.0. The van der Waals surface area contributed by atoms with Gasteiger partial charge in [0.15, 0.2) is 11.9 Å². The number of esters is 1. The summed E-state index contributed by atoms with van der Waals surface area (Å²) in [4.78, 5) is 28.7. The van der Waals surface area contributed by atoms with Crippen LogP contribution in [0.2, 0.25) is 10.0 Å². The molecule has 0 aliphatic heterocycles. The van der Waals surface area contributed by atoms with E-state index in [1.54, 1.807) is 0 Å². The molecule has 2 aromatic rings. The lowest BCUT2D eigenvalue weighted by Gasteiger charge is -2.13. The van der Waals surface area contributed by atoms with Gasteiger partial charge in [0, 0.05) is 11.1 Å². The summed E-state index contributed by atoms with van der Waals surface area (Å²) >= 11 is 13.0. The zero-order chi connectivity index (χ0) is 17.5. The Kier molecular flexibility index (Phi) is 6.90. The highest BCUT2D eigenvalue weighted by molar-refractivity contribution is 8.00. The predicted octanol–water partition coefficient (Wildman–Crippen LogP) is 4.05. The molecule has 2 rings (SSSR count). The number of ether oxygens (including phenoxy) is 1. The van der Waals surface area contributed by atoms with Gasteiger partial charge < -0.3 is 10.1 Å². The number of carbonyl (C=O) groups excluding carboxylic acids is 2. The number of amides is 1. The zero-order valence-electron chi connectivity index (χ0n) is 12.7. The number of hydrogen-bond acceptors (Lipinski definition) is 5. The van der Waals surface area contributed by atoms with Gasteiger partial charge in [-0.15, -0.1) is 11.8 Å². The molecule has 0 saturated heterocycles. The summed E-state index contributed by atoms with van der Waals surface area (Å²) in [6.45, 7) is 1.48. The number of aromatic nitrogens is 1. The zero-order valence-corrected chi connectivity index (χ0v) is 15.0. The molecule has 8 heteroatoms. The van der Waals surface area contributed by atoms with Crippen LogP contribution in [0, 0.1) is 0 Å². The second kappa shape index (κ2) is 8.92. The summed E-state index contributed by atoms with van der Waals surface area (Å²) in [6, 6.07) is 10.9. The Bertz CT molecular complexity index is 729. The second-order valence-electron chi connectivity index (χ2n) is 4.71. The van der Waals surface area contributed by atoms with Crippen LogP contribution in [0.25, 0.3) is 0 Å². The molecule has 0 aliphatic rings. The largest absolute Gasteiger partial charge is 0.452 e. The highest BCUT2D eigenvalue weighted by Gasteiger charge is 2.19. The summed E-state index contributed by atoms with van der Waals surface area (Å²) in [5.74, 6) is -0.735. The summed E-state index contributed by atoms with van der Waals surface area (Å²) < 4.78 is 5.10. The Morgan fingerprint density at radius 1 is 1.29 bits per heavy atom. The molecule has 1 aromatic heterocycles. The van der Waals surface area contributed by atoms with Gasteiger partial charge in [0.2, 0.25) is 0 Å². The number of pyridine rings is 1. The molecule has 1 aromatic carbocycles. The highest BCUT2D eigenvalue weighted by Crippen LogP contribution is 2.23. The van der Waals surface area contributed by atoms with Gasteiger partial charge in [0.1, 0.15) is 0 Å². The lowest BCUT2D eigenvalue weighted by atomic mass is 10.3. The Morgan fingerprint density at radius 2 is 2.00 bits per heavy atom. The molecule has 0 aliphatic carbocycles. The van der Waals surface area contributed by atoms with Crippen molar-refractivity contribution in [1.29, 1.82) is 0 Å². The van der Waals surface area contributed by atoms with Gasteiger partial charge in [-0.3, -0.25) is 9.59 Å². The van der Waals surface area contributed by atoms with Crippen LogP contribution < -0.4 is 5.32 Å². The Balaban J connectivity index is 1.83. The molecule has 0 saturated carbocycles. The van der Waals surface area contributed by atoms with Crippen molar-refractivity contribution in [1.82, 2.24) is 4.98 Å². The van der Waals surface area contributed by atoms with Gasteiger partial charge in [-0.25, -0.2) is 4.98 Å². The van der Waals surface area contributed by atoms with Crippen LogP contribution in [0.4, 0.5) is 5.82 Å². The van der Waals surface area contributed by atoms with Crippen molar-refractivity contribution in [2.45, 2.75) is 17.9 Å². The third kappa shape index (κ3) is 5.70. The summed E-state index contributed by atoms with van der Waals surface area (Å²) in [6.07, 6.45) is 0.387. The minimum Gasteiger partial charge on any atom is -0.452 e. The fourth-order valence-electron chi connectivity index (χ4n) is 1.67. The van der Waals surface area contributed by atoms with Gasteiger partial charge in [0.05, 0.1) is 15.8 Å². The van der Waals surface area contributed by atoms with E-state index >= 15 is 0 Å². The van der Waals surface area contributed by atoms with Crippen molar-refractivity contribution >= 4 is 52.7 Å². The van der Waals surface area contributed by atoms with Crippen molar-refractivity contribution in [2.75, 3.05) is 11.1 Å².